The maximum atomic E-state index is 8.24. The average molecular weight is 981 g/mol. The van der Waals surface area contributed by atoms with Gasteiger partial charge in [0, 0.05) is 93.8 Å². The van der Waals surface area contributed by atoms with Gasteiger partial charge in [-0.15, -0.1) is 0 Å². The molecule has 376 valence electrons. The van der Waals surface area contributed by atoms with Crippen molar-refractivity contribution < 1.29 is 44.3 Å². The van der Waals surface area contributed by atoms with Gasteiger partial charge >= 0.3 is 0 Å². The van der Waals surface area contributed by atoms with Gasteiger partial charge in [-0.3, -0.25) is 0 Å². The Morgan fingerprint density at radius 2 is 0.792 bits per heavy atom. The number of benzene rings is 4. The molecule has 4 aromatic heterocycles. The van der Waals surface area contributed by atoms with Crippen molar-refractivity contribution in [3.63, 3.8) is 0 Å². The van der Waals surface area contributed by atoms with Crippen LogP contribution >= 0.6 is 0 Å². The number of rotatable bonds is 7. The minimum absolute atomic E-state index is 0.0389. The summed E-state index contributed by atoms with van der Waals surface area (Å²) in [4.78, 5) is 0. The topological polar surface area (TPSA) is 15.5 Å². The molecular formula is C68H88N4+4. The van der Waals surface area contributed by atoms with Gasteiger partial charge in [0.2, 0.25) is 22.8 Å². The zero-order chi connectivity index (χ0) is 69.2. The minimum Gasteiger partial charge on any atom is -0.201 e. The Labute approximate surface area is 463 Å². The Hall–Kier alpha value is -6.52. The van der Waals surface area contributed by atoms with E-state index >= 15 is 0 Å². The molecule has 4 heteroatoms. The lowest BCUT2D eigenvalue weighted by Gasteiger charge is -2.11. The summed E-state index contributed by atoms with van der Waals surface area (Å²) in [6, 6.07) is 29.7. The SMILES string of the molecule is [2H]C([2H])([2H])Cc1ccc(-c2c(C)c(C)cc[n+]2C)c(C)c1.[2H]C([2H])([2H])Cc1ccc(-c2c(C)cc(C([2H])([2H])[2H])c[n+]2C)c(C)c1.[2H]C([2H])([2H])c1cc(C)c(-c2ccc(C([2H])(C)C([2H])([2H])[2H])cc2C)[n+](C)c1.[2H]C([2H])([2H])c1ccc(-c2c(C)c(C)cc[n+]2C)c(C)c1. The summed E-state index contributed by atoms with van der Waals surface area (Å²) in [5.74, 6) is -1.70. The summed E-state index contributed by atoms with van der Waals surface area (Å²) < 4.78 is 151. The molecule has 0 N–H and O–H groups in total. The Kier molecular flexibility index (Phi) is 11.9. The number of hydrogen-bond acceptors (Lipinski definition) is 0. The molecule has 1 atom stereocenters. The van der Waals surface area contributed by atoms with E-state index in [2.05, 4.69) is 55.2 Å². The highest BCUT2D eigenvalue weighted by atomic mass is 14.9. The molecule has 0 spiro atoms. The van der Waals surface area contributed by atoms with Crippen LogP contribution in [0.25, 0.3) is 45.0 Å². The fraction of sp³-hybridized carbons (Fsp3) is 0.353. The van der Waals surface area contributed by atoms with Crippen LogP contribution in [0.2, 0.25) is 0 Å². The van der Waals surface area contributed by atoms with E-state index in [-0.39, 0.29) is 18.4 Å². The van der Waals surface area contributed by atoms with Crippen LogP contribution in [-0.2, 0) is 41.0 Å². The third-order valence-corrected chi connectivity index (χ3v) is 13.5. The van der Waals surface area contributed by atoms with E-state index in [1.165, 1.54) is 34.9 Å². The van der Waals surface area contributed by atoms with Gasteiger partial charge in [0.05, 0.1) is 0 Å². The van der Waals surface area contributed by atoms with E-state index in [1.54, 1.807) is 66.5 Å². The molecule has 0 saturated carbocycles. The van der Waals surface area contributed by atoms with E-state index in [1.807, 2.05) is 116 Å². The second-order valence-corrected chi connectivity index (χ2v) is 19.2. The van der Waals surface area contributed by atoms with E-state index in [9.17, 15) is 0 Å². The number of aromatic nitrogens is 4. The first kappa shape index (κ1) is 34.8. The van der Waals surface area contributed by atoms with Crippen molar-refractivity contribution in [2.75, 3.05) is 0 Å². The van der Waals surface area contributed by atoms with Crippen molar-refractivity contribution in [3.8, 4) is 45.0 Å². The highest BCUT2D eigenvalue weighted by Gasteiger charge is 2.20. The maximum Gasteiger partial charge on any atom is 0.215 e. The van der Waals surface area contributed by atoms with Crippen molar-refractivity contribution >= 4 is 0 Å². The standard InChI is InChI=1S/C18H24N.2C17H22N.C16H20N/c1-12(2)16-7-8-17(14(4)10-16)18-15(5)9-13(3)11-19(18)6;1-6-15-7-8-16(13(3)10-15)17-14(4)9-12(2)11-18(17)5;1-6-15-7-8-16(13(3)11-15)17-14(4)12(2)9-10-18(17)5;1-11-6-7-15(13(3)10-11)16-14(4)12(2)8-9-17(16)5/h7-12H,1-6H3;2*7-11H,6H2,1-5H3;6-10H,1-5H3/q4*+1/i1D3,3D3,12D;1D3,2D3;2*1D3. The number of nitrogens with zero attached hydrogens (tertiary/aromatic N) is 4. The monoisotopic (exact) mass is 980 g/mol. The summed E-state index contributed by atoms with van der Waals surface area (Å²) in [6.45, 7) is 8.67. The molecule has 8 rings (SSSR count). The van der Waals surface area contributed by atoms with Crippen LogP contribution in [0.1, 0.15) is 148 Å². The predicted molar refractivity (Wildman–Crippen MR) is 307 cm³/mol. The summed E-state index contributed by atoms with van der Waals surface area (Å²) in [7, 11) is 7.67. The van der Waals surface area contributed by atoms with Gasteiger partial charge in [0.25, 0.3) is 0 Å². The molecule has 4 nitrogen and oxygen atoms in total. The molecule has 0 saturated heterocycles. The second-order valence-electron chi connectivity index (χ2n) is 19.2. The lowest BCUT2D eigenvalue weighted by molar-refractivity contribution is -0.661. The molecule has 8 aromatic rings. The molecule has 0 amide bonds. The third-order valence-electron chi connectivity index (χ3n) is 13.5. The predicted octanol–water partition coefficient (Wildman–Crippen LogP) is 15.0. The van der Waals surface area contributed by atoms with Gasteiger partial charge in [-0.05, 0) is 195 Å². The fourth-order valence-electron chi connectivity index (χ4n) is 9.41. The Morgan fingerprint density at radius 1 is 0.403 bits per heavy atom. The molecule has 0 bridgehead atoms. The Bertz CT molecular complexity index is 3890. The Balaban J connectivity index is 0.000000221. The molecule has 0 radical (unpaired) electrons. The molecular weight excluding hydrogens is 873 g/mol. The van der Waals surface area contributed by atoms with Gasteiger partial charge in [-0.2, -0.15) is 0 Å². The van der Waals surface area contributed by atoms with Crippen LogP contribution in [0, 0.1) is 89.8 Å². The normalized spacial score (nSPS) is 16.6. The Morgan fingerprint density at radius 3 is 1.17 bits per heavy atom. The molecule has 72 heavy (non-hydrogen) atoms. The molecule has 0 aliphatic heterocycles. The van der Waals surface area contributed by atoms with Crippen molar-refractivity contribution in [1.29, 1.82) is 0 Å². The molecule has 4 heterocycles. The van der Waals surface area contributed by atoms with Gasteiger partial charge in [0.1, 0.15) is 28.2 Å². The highest BCUT2D eigenvalue weighted by Crippen LogP contribution is 2.30. The minimum atomic E-state index is -2.43. The van der Waals surface area contributed by atoms with E-state index in [0.717, 1.165) is 83.8 Å². The van der Waals surface area contributed by atoms with E-state index in [0.29, 0.717) is 16.7 Å². The van der Waals surface area contributed by atoms with Crippen LogP contribution in [-0.4, -0.2) is 0 Å². The summed E-state index contributed by atoms with van der Waals surface area (Å²) in [5.41, 5.74) is 21.8. The lowest BCUT2D eigenvalue weighted by atomic mass is 9.94. The largest absolute Gasteiger partial charge is 0.215 e. The first-order chi connectivity index (χ1) is 41.4. The van der Waals surface area contributed by atoms with Crippen LogP contribution in [0.3, 0.4) is 0 Å². The number of aryl methyl sites for hydroxylation is 17. The fourth-order valence-corrected chi connectivity index (χ4v) is 9.41. The molecule has 0 fully saturated rings. The summed E-state index contributed by atoms with van der Waals surface area (Å²) >= 11 is 0. The molecule has 1 unspecified atom stereocenters. The zero-order valence-corrected chi connectivity index (χ0v) is 45.3. The van der Waals surface area contributed by atoms with Crippen LogP contribution < -0.4 is 18.3 Å². The smallest absolute Gasteiger partial charge is 0.201 e. The molecule has 0 aliphatic rings. The van der Waals surface area contributed by atoms with Gasteiger partial charge < -0.3 is 0 Å². The first-order valence-corrected chi connectivity index (χ1v) is 24.3. The number of pyridine rings is 4. The molecule has 4 aromatic carbocycles. The second kappa shape index (κ2) is 24.7. The van der Waals surface area contributed by atoms with Crippen molar-refractivity contribution in [2.24, 2.45) is 28.2 Å². The maximum absolute atomic E-state index is 8.24. The van der Waals surface area contributed by atoms with Crippen LogP contribution in [0.5, 0.6) is 0 Å². The van der Waals surface area contributed by atoms with Crippen molar-refractivity contribution in [3.05, 3.63) is 211 Å². The first-order valence-electron chi connectivity index (χ1n) is 33.8. The zero-order valence-electron chi connectivity index (χ0n) is 64.3. The van der Waals surface area contributed by atoms with E-state index < -0.39 is 47.0 Å². The third kappa shape index (κ3) is 13.5. The lowest BCUT2D eigenvalue weighted by Crippen LogP contribution is -2.32. The average Bonchev–Trinajstić information content (AvgIpc) is 0.835. The van der Waals surface area contributed by atoms with E-state index in [4.69, 9.17) is 26.0 Å². The van der Waals surface area contributed by atoms with Crippen molar-refractivity contribution in [1.82, 2.24) is 0 Å². The quantitative estimate of drug-likeness (QED) is 0.141. The van der Waals surface area contributed by atoms with Gasteiger partial charge in [0.15, 0.2) is 24.8 Å². The van der Waals surface area contributed by atoms with Crippen molar-refractivity contribution in [2.45, 2.75) is 136 Å². The van der Waals surface area contributed by atoms with Crippen LogP contribution in [0.4, 0.5) is 0 Å². The van der Waals surface area contributed by atoms with Gasteiger partial charge in [-0.25, -0.2) is 18.3 Å². The summed E-state index contributed by atoms with van der Waals surface area (Å²) in [5, 5.41) is 0. The number of hydrogen-bond donors (Lipinski definition) is 0. The molecule has 0 aliphatic carbocycles. The van der Waals surface area contributed by atoms with Crippen LogP contribution in [0.15, 0.2) is 122 Å². The van der Waals surface area contributed by atoms with Gasteiger partial charge in [-0.1, -0.05) is 81.6 Å². The summed E-state index contributed by atoms with van der Waals surface area (Å²) in [6.07, 6.45) is 7.48. The highest BCUT2D eigenvalue weighted by molar-refractivity contribution is 5.68.